The van der Waals surface area contributed by atoms with Gasteiger partial charge in [-0.1, -0.05) is 25.0 Å². The van der Waals surface area contributed by atoms with Gasteiger partial charge in [0.2, 0.25) is 0 Å². The second-order valence-corrected chi connectivity index (χ2v) is 10.7. The molecule has 1 saturated carbocycles. The maximum Gasteiger partial charge on any atom is 0.338 e. The molecule has 1 heterocycles. The molecule has 0 aromatic heterocycles. The van der Waals surface area contributed by atoms with Gasteiger partial charge >= 0.3 is 18.0 Å². The van der Waals surface area contributed by atoms with Crippen LogP contribution in [0.2, 0.25) is 0 Å². The molecule has 10 heteroatoms. The van der Waals surface area contributed by atoms with E-state index in [9.17, 15) is 22.8 Å². The Labute approximate surface area is 193 Å². The van der Waals surface area contributed by atoms with E-state index in [0.717, 1.165) is 5.56 Å². The summed E-state index contributed by atoms with van der Waals surface area (Å²) < 4.78 is 36.3. The zero-order valence-corrected chi connectivity index (χ0v) is 20.1. The van der Waals surface area contributed by atoms with Gasteiger partial charge in [-0.3, -0.25) is 4.79 Å². The van der Waals surface area contributed by atoms with Gasteiger partial charge in [0.05, 0.1) is 28.8 Å². The molecule has 3 rings (SSSR count). The number of aryl methyl sites for hydroxylation is 2. The number of urea groups is 1. The number of sulfone groups is 1. The molecular formula is C23H30N2O7S. The molecule has 1 unspecified atom stereocenters. The summed E-state index contributed by atoms with van der Waals surface area (Å²) in [6.07, 6.45) is 1.45. The molecule has 0 radical (unpaired) electrons. The first-order chi connectivity index (χ1) is 15.5. The smallest absolute Gasteiger partial charge is 0.338 e. The van der Waals surface area contributed by atoms with Gasteiger partial charge in [0.15, 0.2) is 14.6 Å². The molecular weight excluding hydrogens is 448 g/mol. The molecule has 0 bridgehead atoms. The zero-order valence-electron chi connectivity index (χ0n) is 19.3. The molecule has 0 saturated heterocycles. The van der Waals surface area contributed by atoms with E-state index >= 15 is 0 Å². The molecule has 1 fully saturated rings. The Bertz CT molecular complexity index is 1100. The monoisotopic (exact) mass is 478 g/mol. The Morgan fingerprint density at radius 3 is 2.45 bits per heavy atom. The molecule has 1 atom stereocenters. The summed E-state index contributed by atoms with van der Waals surface area (Å²) in [4.78, 5) is 37.8. The Balaban J connectivity index is 1.93. The van der Waals surface area contributed by atoms with E-state index in [1.165, 1.54) is 0 Å². The van der Waals surface area contributed by atoms with Gasteiger partial charge in [0.25, 0.3) is 0 Å². The third-order valence-electron chi connectivity index (χ3n) is 6.14. The summed E-state index contributed by atoms with van der Waals surface area (Å²) in [5.41, 5.74) is 1.54. The topological polar surface area (TPSA) is 128 Å². The van der Waals surface area contributed by atoms with E-state index in [1.54, 1.807) is 39.8 Å². The normalized spacial score (nSPS) is 20.1. The molecule has 33 heavy (non-hydrogen) atoms. The van der Waals surface area contributed by atoms with Crippen molar-refractivity contribution in [1.82, 2.24) is 10.6 Å². The lowest BCUT2D eigenvalue weighted by Crippen LogP contribution is -2.51. The van der Waals surface area contributed by atoms with Crippen LogP contribution in [0.1, 0.15) is 50.7 Å². The van der Waals surface area contributed by atoms with Crippen LogP contribution < -0.4 is 10.6 Å². The summed E-state index contributed by atoms with van der Waals surface area (Å²) in [5, 5.41) is 5.04. The number of esters is 2. The van der Waals surface area contributed by atoms with E-state index < -0.39 is 45.2 Å². The van der Waals surface area contributed by atoms with E-state index in [0.29, 0.717) is 18.4 Å². The van der Waals surface area contributed by atoms with Gasteiger partial charge in [-0.05, 0) is 57.7 Å². The van der Waals surface area contributed by atoms with Gasteiger partial charge in [-0.2, -0.15) is 0 Å². The first-order valence-corrected chi connectivity index (χ1v) is 12.5. The number of carbonyl (C=O) groups excluding carboxylic acids is 3. The van der Waals surface area contributed by atoms with Gasteiger partial charge in [-0.15, -0.1) is 0 Å². The summed E-state index contributed by atoms with van der Waals surface area (Å²) in [6, 6.07) is 3.90. The van der Waals surface area contributed by atoms with Crippen molar-refractivity contribution in [3.63, 3.8) is 0 Å². The predicted molar refractivity (Wildman–Crippen MR) is 120 cm³/mol. The standard InChI is InChI=1S/C23H30N2O7S/c1-5-31-20(26)19-16(4)24-22(28)25-17(19)13-32-21(27)23(10-6-7-11-23)33(29,30)18-12-14(2)8-9-15(18)3/h8-9,12,16H,5-7,10-11,13H2,1-4H3,(H2,24,25,28). The maximum atomic E-state index is 13.7. The number of amides is 2. The third-order valence-corrected chi connectivity index (χ3v) is 8.77. The molecule has 180 valence electrons. The largest absolute Gasteiger partial charge is 0.463 e. The second kappa shape index (κ2) is 9.54. The number of hydrogen-bond donors (Lipinski definition) is 2. The molecule has 9 nitrogen and oxygen atoms in total. The minimum atomic E-state index is -4.05. The van der Waals surface area contributed by atoms with Crippen molar-refractivity contribution < 1.29 is 32.3 Å². The van der Waals surface area contributed by atoms with E-state index in [4.69, 9.17) is 9.47 Å². The van der Waals surface area contributed by atoms with Crippen molar-refractivity contribution >= 4 is 27.8 Å². The summed E-state index contributed by atoms with van der Waals surface area (Å²) >= 11 is 0. The fourth-order valence-corrected chi connectivity index (χ4v) is 6.76. The van der Waals surface area contributed by atoms with Gasteiger partial charge in [-0.25, -0.2) is 18.0 Å². The molecule has 2 N–H and O–H groups in total. The quantitative estimate of drug-likeness (QED) is 0.576. The number of hydrogen-bond acceptors (Lipinski definition) is 7. The van der Waals surface area contributed by atoms with Crippen LogP contribution >= 0.6 is 0 Å². The highest BCUT2D eigenvalue weighted by Crippen LogP contribution is 2.42. The summed E-state index contributed by atoms with van der Waals surface area (Å²) in [5.74, 6) is -1.53. The lowest BCUT2D eigenvalue weighted by molar-refractivity contribution is -0.146. The van der Waals surface area contributed by atoms with Crippen LogP contribution in [0.5, 0.6) is 0 Å². The van der Waals surface area contributed by atoms with Crippen LogP contribution in [0.25, 0.3) is 0 Å². The Hall–Kier alpha value is -2.88. The van der Waals surface area contributed by atoms with E-state index in [1.807, 2.05) is 6.07 Å². The fraction of sp³-hybridized carbons (Fsp3) is 0.522. The van der Waals surface area contributed by atoms with Crippen LogP contribution in [0.15, 0.2) is 34.4 Å². The first kappa shape index (κ1) is 24.8. The lowest BCUT2D eigenvalue weighted by Gasteiger charge is -2.29. The van der Waals surface area contributed by atoms with Crippen LogP contribution in [-0.2, 0) is 28.9 Å². The Morgan fingerprint density at radius 2 is 1.82 bits per heavy atom. The Kier molecular flexibility index (Phi) is 7.16. The van der Waals surface area contributed by atoms with Crippen molar-refractivity contribution in [2.75, 3.05) is 13.2 Å². The first-order valence-electron chi connectivity index (χ1n) is 11.0. The number of nitrogens with one attached hydrogen (secondary N) is 2. The molecule has 1 aromatic rings. The average molecular weight is 479 g/mol. The Morgan fingerprint density at radius 1 is 1.15 bits per heavy atom. The number of benzene rings is 1. The van der Waals surface area contributed by atoms with Gasteiger partial charge < -0.3 is 20.1 Å². The second-order valence-electron chi connectivity index (χ2n) is 8.48. The van der Waals surface area contributed by atoms with Crippen molar-refractivity contribution in [2.24, 2.45) is 0 Å². The van der Waals surface area contributed by atoms with E-state index in [2.05, 4.69) is 10.6 Å². The third kappa shape index (κ3) is 4.62. The molecule has 1 aliphatic heterocycles. The minimum absolute atomic E-state index is 0.0790. The zero-order chi connectivity index (χ0) is 24.4. The SMILES string of the molecule is CCOC(=O)C1=C(COC(=O)C2(S(=O)(=O)c3cc(C)ccc3C)CCCC2)NC(=O)NC1C. The van der Waals surface area contributed by atoms with Crippen molar-refractivity contribution in [1.29, 1.82) is 0 Å². The maximum absolute atomic E-state index is 13.7. The molecule has 1 aromatic carbocycles. The van der Waals surface area contributed by atoms with Crippen LogP contribution in [0.3, 0.4) is 0 Å². The fourth-order valence-electron chi connectivity index (χ4n) is 4.40. The molecule has 2 aliphatic rings. The lowest BCUT2D eigenvalue weighted by atomic mass is 10.0. The minimum Gasteiger partial charge on any atom is -0.463 e. The van der Waals surface area contributed by atoms with Crippen LogP contribution in [0.4, 0.5) is 4.79 Å². The van der Waals surface area contributed by atoms with Gasteiger partial charge in [0.1, 0.15) is 6.61 Å². The molecule has 2 amide bonds. The highest BCUT2D eigenvalue weighted by molar-refractivity contribution is 7.93. The van der Waals surface area contributed by atoms with Crippen molar-refractivity contribution in [2.45, 2.75) is 69.1 Å². The van der Waals surface area contributed by atoms with Gasteiger partial charge in [0, 0.05) is 0 Å². The average Bonchev–Trinajstić information content (AvgIpc) is 3.25. The molecule has 1 aliphatic carbocycles. The van der Waals surface area contributed by atoms with Crippen LogP contribution in [0, 0.1) is 13.8 Å². The van der Waals surface area contributed by atoms with Crippen LogP contribution in [-0.4, -0.2) is 50.4 Å². The number of carbonyl (C=O) groups is 3. The van der Waals surface area contributed by atoms with E-state index in [-0.39, 0.29) is 35.6 Å². The number of ether oxygens (including phenoxy) is 2. The molecule has 0 spiro atoms. The highest BCUT2D eigenvalue weighted by atomic mass is 32.2. The van der Waals surface area contributed by atoms with Crippen molar-refractivity contribution in [3.05, 3.63) is 40.6 Å². The van der Waals surface area contributed by atoms with Crippen molar-refractivity contribution in [3.8, 4) is 0 Å². The summed E-state index contributed by atoms with van der Waals surface area (Å²) in [7, 11) is -4.05. The summed E-state index contributed by atoms with van der Waals surface area (Å²) in [6.45, 7) is 6.43. The highest BCUT2D eigenvalue weighted by Gasteiger charge is 2.54. The predicted octanol–water partition coefficient (Wildman–Crippen LogP) is 2.45. The number of rotatable bonds is 7.